The predicted octanol–water partition coefficient (Wildman–Crippen LogP) is -0.433. The van der Waals surface area contributed by atoms with E-state index < -0.39 is 8.15 Å². The van der Waals surface area contributed by atoms with Crippen molar-refractivity contribution in [2.75, 3.05) is 40.4 Å². The summed E-state index contributed by atoms with van der Waals surface area (Å²) in [6.07, 6.45) is 0.425. The fraction of sp³-hybridized carbons (Fsp3) is 0.857. The Morgan fingerprint density at radius 3 is 2.33 bits per heavy atom. The summed E-state index contributed by atoms with van der Waals surface area (Å²) in [6.45, 7) is 0.757. The van der Waals surface area contributed by atoms with Crippen LogP contribution >= 0.6 is 8.15 Å². The van der Waals surface area contributed by atoms with Gasteiger partial charge in [-0.15, -0.1) is 0 Å². The van der Waals surface area contributed by atoms with Crippen molar-refractivity contribution >= 4 is 13.7 Å². The van der Waals surface area contributed by atoms with Gasteiger partial charge in [-0.1, -0.05) is 0 Å². The Hall–Kier alpha value is -0.0200. The molecule has 0 fully saturated rings. The zero-order chi connectivity index (χ0) is 9.78. The monoisotopic (exact) mass is 193 g/mol. The van der Waals surface area contributed by atoms with Crippen LogP contribution in [0.3, 0.4) is 0 Å². The molecule has 0 aliphatic carbocycles. The first-order chi connectivity index (χ1) is 5.37. The highest BCUT2D eigenvalue weighted by Crippen LogP contribution is 2.30. The Morgan fingerprint density at radius 1 is 1.50 bits per heavy atom. The van der Waals surface area contributed by atoms with Gasteiger partial charge in [0.05, 0.1) is 21.1 Å². The van der Waals surface area contributed by atoms with Crippen molar-refractivity contribution in [1.82, 2.24) is 0 Å². The lowest BCUT2D eigenvalue weighted by molar-refractivity contribution is -0.861. The van der Waals surface area contributed by atoms with E-state index in [0.29, 0.717) is 23.7 Å². The first-order valence-electron chi connectivity index (χ1n) is 3.86. The molecule has 1 atom stereocenters. The number of nitrogens with zero attached hydrogens (tertiary/aromatic N) is 1. The smallest absolute Gasteiger partial charge is 0.234 e. The molecule has 0 aromatic rings. The highest BCUT2D eigenvalue weighted by atomic mass is 31.1. The van der Waals surface area contributed by atoms with Gasteiger partial charge in [0, 0.05) is 6.16 Å². The third-order valence-corrected chi connectivity index (χ3v) is 2.64. The van der Waals surface area contributed by atoms with Crippen LogP contribution in [0.2, 0.25) is 0 Å². The molecule has 0 bridgehead atoms. The Balaban J connectivity index is 3.87. The summed E-state index contributed by atoms with van der Waals surface area (Å²) in [5, 5.41) is 0. The van der Waals surface area contributed by atoms with Crippen molar-refractivity contribution < 1.29 is 14.2 Å². The quantitative estimate of drug-likeness (QED) is 0.460. The molecule has 4 nitrogen and oxygen atoms in total. The Morgan fingerprint density at radius 2 is 2.00 bits per heavy atom. The maximum absolute atomic E-state index is 11.3. The highest BCUT2D eigenvalue weighted by molar-refractivity contribution is 7.69. The van der Waals surface area contributed by atoms with Gasteiger partial charge in [0.2, 0.25) is 5.52 Å². The van der Waals surface area contributed by atoms with E-state index in [1.807, 2.05) is 21.1 Å². The van der Waals surface area contributed by atoms with E-state index in [-0.39, 0.29) is 5.52 Å². The van der Waals surface area contributed by atoms with Gasteiger partial charge in [-0.3, -0.25) is 4.79 Å². The molecule has 0 aliphatic heterocycles. The minimum atomic E-state index is -1.49. The minimum Gasteiger partial charge on any atom is -0.366 e. The molecule has 0 radical (unpaired) electrons. The van der Waals surface area contributed by atoms with Crippen LogP contribution in [0.15, 0.2) is 0 Å². The Bertz CT molecular complexity index is 156. The van der Waals surface area contributed by atoms with E-state index in [1.54, 1.807) is 0 Å². The zero-order valence-electron chi connectivity index (χ0n) is 7.95. The Kier molecular flexibility index (Phi) is 4.87. The van der Waals surface area contributed by atoms with Gasteiger partial charge < -0.3 is 15.1 Å². The van der Waals surface area contributed by atoms with Crippen LogP contribution in [0.5, 0.6) is 0 Å². The van der Waals surface area contributed by atoms with Crippen molar-refractivity contribution in [3.05, 3.63) is 0 Å². The maximum atomic E-state index is 11.3. The predicted molar refractivity (Wildman–Crippen MR) is 51.0 cm³/mol. The van der Waals surface area contributed by atoms with Gasteiger partial charge in [0.1, 0.15) is 14.7 Å². The van der Waals surface area contributed by atoms with Crippen molar-refractivity contribution in [1.29, 1.82) is 0 Å². The summed E-state index contributed by atoms with van der Waals surface area (Å²) in [5.74, 6) is 0. The van der Waals surface area contributed by atoms with Gasteiger partial charge in [-0.2, -0.15) is 0 Å². The van der Waals surface area contributed by atoms with Gasteiger partial charge in [0.25, 0.3) is 0 Å². The Labute approximate surface area is 74.8 Å². The van der Waals surface area contributed by atoms with E-state index in [1.165, 1.54) is 0 Å². The molecule has 0 saturated heterocycles. The molecule has 12 heavy (non-hydrogen) atoms. The van der Waals surface area contributed by atoms with Crippen LogP contribution in [-0.2, 0) is 4.79 Å². The molecule has 0 aromatic heterocycles. The number of quaternary nitrogens is 1. The second kappa shape index (κ2) is 4.87. The second-order valence-corrected chi connectivity index (χ2v) is 5.50. The normalized spacial score (nSPS) is 14.4. The van der Waals surface area contributed by atoms with Gasteiger partial charge in [-0.25, -0.2) is 0 Å². The van der Waals surface area contributed by atoms with Crippen LogP contribution < -0.4 is 5.73 Å². The molecule has 0 amide bonds. The molecule has 5 heteroatoms. The number of hydrogen-bond donors (Lipinski definition) is 2. The molecule has 0 heterocycles. The molecule has 1 unspecified atom stereocenters. The lowest BCUT2D eigenvalue weighted by Gasteiger charge is -2.23. The average Bonchev–Trinajstić information content (AvgIpc) is 1.84. The largest absolute Gasteiger partial charge is 0.366 e. The van der Waals surface area contributed by atoms with E-state index in [9.17, 15) is 9.69 Å². The highest BCUT2D eigenvalue weighted by Gasteiger charge is 2.21. The van der Waals surface area contributed by atoms with E-state index >= 15 is 0 Å². The number of carbonyl (C=O) groups is 1. The summed E-state index contributed by atoms with van der Waals surface area (Å²) < 4.78 is 0.558. The van der Waals surface area contributed by atoms with Crippen molar-refractivity contribution in [2.24, 2.45) is 5.73 Å². The second-order valence-electron chi connectivity index (χ2n) is 3.75. The topological polar surface area (TPSA) is 63.3 Å². The molecule has 3 N–H and O–H groups in total. The number of likely N-dealkylation sites (N-methyl/N-ethyl adjacent to an activating group) is 1. The minimum absolute atomic E-state index is 0.0667. The van der Waals surface area contributed by atoms with E-state index in [4.69, 9.17) is 5.73 Å². The van der Waals surface area contributed by atoms with E-state index in [2.05, 4.69) is 0 Å². The third-order valence-electron chi connectivity index (χ3n) is 1.24. The van der Waals surface area contributed by atoms with Crippen molar-refractivity contribution in [3.63, 3.8) is 0 Å². The summed E-state index contributed by atoms with van der Waals surface area (Å²) in [4.78, 5) is 20.6. The average molecular weight is 193 g/mol. The van der Waals surface area contributed by atoms with Gasteiger partial charge >= 0.3 is 0 Å². The number of nitrogens with two attached hydrogens (primary N) is 1. The number of rotatable bonds is 5. The van der Waals surface area contributed by atoms with Crippen LogP contribution in [-0.4, -0.2) is 55.3 Å². The first-order valence-corrected chi connectivity index (χ1v) is 5.34. The molecule has 0 saturated carbocycles. The fourth-order valence-corrected chi connectivity index (χ4v) is 1.82. The lowest BCUT2D eigenvalue weighted by atomic mass is 10.5. The molecular weight excluding hydrogens is 175 g/mol. The van der Waals surface area contributed by atoms with Crippen LogP contribution in [0.1, 0.15) is 0 Å². The number of carbonyl (C=O) groups excluding carboxylic acids is 1. The molecule has 0 aliphatic rings. The summed E-state index contributed by atoms with van der Waals surface area (Å²) >= 11 is 0. The SMILES string of the molecule is C[N+](C)(C)CC(=O)P(O)CCN. The third kappa shape index (κ3) is 5.61. The zero-order valence-corrected chi connectivity index (χ0v) is 8.84. The molecule has 0 aromatic carbocycles. The van der Waals surface area contributed by atoms with Crippen LogP contribution in [0.4, 0.5) is 0 Å². The van der Waals surface area contributed by atoms with E-state index in [0.717, 1.165) is 0 Å². The fourth-order valence-electron chi connectivity index (χ4n) is 0.734. The van der Waals surface area contributed by atoms with Crippen molar-refractivity contribution in [2.45, 2.75) is 0 Å². The van der Waals surface area contributed by atoms with Gasteiger partial charge in [-0.05, 0) is 6.54 Å². The summed E-state index contributed by atoms with van der Waals surface area (Å²) in [6, 6.07) is 0. The maximum Gasteiger partial charge on any atom is 0.234 e. The standard InChI is InChI=1S/C7H18N2O2P/c1-9(2,3)6-7(10)12(11)5-4-8/h11H,4-6,8H2,1-3H3/q+1. The molecular formula is C7H18N2O2P+. The molecule has 72 valence electrons. The number of hydrogen-bond acceptors (Lipinski definition) is 3. The lowest BCUT2D eigenvalue weighted by Crippen LogP contribution is -2.39. The van der Waals surface area contributed by atoms with Gasteiger partial charge in [0.15, 0.2) is 0 Å². The summed E-state index contributed by atoms with van der Waals surface area (Å²) in [7, 11) is 4.27. The molecule has 0 spiro atoms. The van der Waals surface area contributed by atoms with Crippen LogP contribution in [0.25, 0.3) is 0 Å². The summed E-state index contributed by atoms with van der Waals surface area (Å²) in [5.41, 5.74) is 5.16. The first kappa shape index (κ1) is 12.0. The van der Waals surface area contributed by atoms with Crippen molar-refractivity contribution in [3.8, 4) is 0 Å². The van der Waals surface area contributed by atoms with Crippen LogP contribution in [0, 0.1) is 0 Å². The molecule has 0 rings (SSSR count).